The van der Waals surface area contributed by atoms with Gasteiger partial charge >= 0.3 is 12.0 Å². The summed E-state index contributed by atoms with van der Waals surface area (Å²) in [7, 11) is 0. The molecule has 0 aromatic rings. The van der Waals surface area contributed by atoms with Crippen LogP contribution in [0.5, 0.6) is 0 Å². The zero-order valence-electron chi connectivity index (χ0n) is 11.6. The van der Waals surface area contributed by atoms with E-state index in [2.05, 4.69) is 0 Å². The van der Waals surface area contributed by atoms with Crippen molar-refractivity contribution in [3.8, 4) is 0 Å². The standard InChI is InChI=1S/C12H22N2O4S/c1-4-13(5-6-15)12(18)14-9(11(16)17)7-19-10(14)8(2)3/h8-10,15H,4-7H2,1-3H3,(H,16,17). The molecular formula is C12H22N2O4S. The van der Waals surface area contributed by atoms with Crippen LogP contribution < -0.4 is 0 Å². The van der Waals surface area contributed by atoms with E-state index in [1.165, 1.54) is 21.6 Å². The topological polar surface area (TPSA) is 81.1 Å². The van der Waals surface area contributed by atoms with Crippen molar-refractivity contribution in [3.05, 3.63) is 0 Å². The van der Waals surface area contributed by atoms with Gasteiger partial charge in [-0.25, -0.2) is 9.59 Å². The molecule has 2 amide bonds. The molecule has 1 aliphatic heterocycles. The van der Waals surface area contributed by atoms with Crippen LogP contribution in [0.3, 0.4) is 0 Å². The maximum Gasteiger partial charge on any atom is 0.327 e. The third-order valence-corrected chi connectivity index (χ3v) is 4.75. The number of amides is 2. The van der Waals surface area contributed by atoms with Crippen molar-refractivity contribution in [1.82, 2.24) is 9.80 Å². The number of carbonyl (C=O) groups is 2. The number of carbonyl (C=O) groups excluding carboxylic acids is 1. The van der Waals surface area contributed by atoms with Gasteiger partial charge in [0, 0.05) is 18.8 Å². The lowest BCUT2D eigenvalue weighted by Gasteiger charge is -2.34. The van der Waals surface area contributed by atoms with Crippen molar-refractivity contribution in [3.63, 3.8) is 0 Å². The number of rotatable bonds is 5. The number of thioether (sulfide) groups is 1. The highest BCUT2D eigenvalue weighted by Crippen LogP contribution is 2.34. The summed E-state index contributed by atoms with van der Waals surface area (Å²) >= 11 is 1.50. The molecule has 1 saturated heterocycles. The molecule has 0 aromatic carbocycles. The number of hydrogen-bond acceptors (Lipinski definition) is 4. The van der Waals surface area contributed by atoms with Crippen molar-refractivity contribution in [2.24, 2.45) is 5.92 Å². The van der Waals surface area contributed by atoms with E-state index in [4.69, 9.17) is 5.11 Å². The Kier molecular flexibility index (Phi) is 5.93. The first kappa shape index (κ1) is 16.1. The van der Waals surface area contributed by atoms with E-state index in [-0.39, 0.29) is 30.5 Å². The lowest BCUT2D eigenvalue weighted by Crippen LogP contribution is -2.53. The zero-order chi connectivity index (χ0) is 14.6. The summed E-state index contributed by atoms with van der Waals surface area (Å²) in [6.07, 6.45) is 0. The number of aliphatic hydroxyl groups excluding tert-OH is 1. The molecule has 2 unspecified atom stereocenters. The minimum absolute atomic E-state index is 0.120. The molecule has 19 heavy (non-hydrogen) atoms. The van der Waals surface area contributed by atoms with E-state index in [1.54, 1.807) is 0 Å². The fraction of sp³-hybridized carbons (Fsp3) is 0.833. The lowest BCUT2D eigenvalue weighted by molar-refractivity contribution is -0.141. The third kappa shape index (κ3) is 3.54. The Morgan fingerprint density at radius 2 is 2.11 bits per heavy atom. The van der Waals surface area contributed by atoms with Crippen LogP contribution in [0.15, 0.2) is 0 Å². The maximum absolute atomic E-state index is 12.5. The summed E-state index contributed by atoms with van der Waals surface area (Å²) in [4.78, 5) is 26.7. The first-order valence-electron chi connectivity index (χ1n) is 6.46. The van der Waals surface area contributed by atoms with Crippen LogP contribution in [0.2, 0.25) is 0 Å². The van der Waals surface area contributed by atoms with Gasteiger partial charge in [0.1, 0.15) is 6.04 Å². The predicted molar refractivity (Wildman–Crippen MR) is 74.1 cm³/mol. The first-order valence-corrected chi connectivity index (χ1v) is 7.51. The summed E-state index contributed by atoms with van der Waals surface area (Å²) < 4.78 is 0. The molecule has 1 aliphatic rings. The molecule has 2 N–H and O–H groups in total. The predicted octanol–water partition coefficient (Wildman–Crippen LogP) is 0.905. The normalized spacial score (nSPS) is 22.9. The minimum atomic E-state index is -0.968. The number of urea groups is 1. The summed E-state index contributed by atoms with van der Waals surface area (Å²) in [5.41, 5.74) is 0. The molecule has 0 aromatic heterocycles. The van der Waals surface area contributed by atoms with E-state index in [0.29, 0.717) is 12.3 Å². The van der Waals surface area contributed by atoms with Crippen LogP contribution in [-0.4, -0.2) is 68.9 Å². The van der Waals surface area contributed by atoms with Crippen LogP contribution in [0.1, 0.15) is 20.8 Å². The molecule has 0 aliphatic carbocycles. The van der Waals surface area contributed by atoms with Crippen molar-refractivity contribution >= 4 is 23.8 Å². The Bertz CT molecular complexity index is 338. The molecule has 110 valence electrons. The van der Waals surface area contributed by atoms with Gasteiger partial charge in [-0.2, -0.15) is 0 Å². The average Bonchev–Trinajstić information content (AvgIpc) is 2.79. The third-order valence-electron chi connectivity index (χ3n) is 3.13. The van der Waals surface area contributed by atoms with Gasteiger partial charge in [0.2, 0.25) is 0 Å². The van der Waals surface area contributed by atoms with Gasteiger partial charge in [-0.15, -0.1) is 11.8 Å². The Hall–Kier alpha value is -0.950. The largest absolute Gasteiger partial charge is 0.480 e. The average molecular weight is 290 g/mol. The fourth-order valence-corrected chi connectivity index (χ4v) is 3.61. The Labute approximate surface area is 117 Å². The van der Waals surface area contributed by atoms with E-state index >= 15 is 0 Å². The summed E-state index contributed by atoms with van der Waals surface area (Å²) in [6, 6.07) is -1.08. The number of nitrogens with zero attached hydrogens (tertiary/aromatic N) is 2. The number of carboxylic acids is 1. The summed E-state index contributed by atoms with van der Waals surface area (Å²) in [5.74, 6) is -0.365. The molecule has 0 bridgehead atoms. The molecule has 0 radical (unpaired) electrons. The Morgan fingerprint density at radius 3 is 2.53 bits per heavy atom. The minimum Gasteiger partial charge on any atom is -0.480 e. The van der Waals surface area contributed by atoms with Crippen LogP contribution in [0.25, 0.3) is 0 Å². The van der Waals surface area contributed by atoms with Crippen LogP contribution in [0, 0.1) is 5.92 Å². The highest BCUT2D eigenvalue weighted by atomic mass is 32.2. The smallest absolute Gasteiger partial charge is 0.327 e. The molecular weight excluding hydrogens is 268 g/mol. The molecule has 7 heteroatoms. The van der Waals surface area contributed by atoms with Gasteiger partial charge in [0.15, 0.2) is 0 Å². The number of carboxylic acid groups (broad SMARTS) is 1. The second-order valence-electron chi connectivity index (χ2n) is 4.82. The van der Waals surface area contributed by atoms with Gasteiger partial charge in [0.25, 0.3) is 0 Å². The highest BCUT2D eigenvalue weighted by molar-refractivity contribution is 8.00. The second kappa shape index (κ2) is 7.00. The van der Waals surface area contributed by atoms with E-state index in [9.17, 15) is 14.7 Å². The molecule has 2 atom stereocenters. The zero-order valence-corrected chi connectivity index (χ0v) is 12.4. The van der Waals surface area contributed by atoms with Crippen LogP contribution >= 0.6 is 11.8 Å². The summed E-state index contributed by atoms with van der Waals surface area (Å²) in [6.45, 7) is 6.34. The summed E-state index contributed by atoms with van der Waals surface area (Å²) in [5, 5.41) is 18.1. The molecule has 1 fully saturated rings. The number of aliphatic carboxylic acids is 1. The molecule has 1 rings (SSSR count). The van der Waals surface area contributed by atoms with Crippen molar-refractivity contribution in [2.75, 3.05) is 25.4 Å². The fourth-order valence-electron chi connectivity index (χ4n) is 2.15. The quantitative estimate of drug-likeness (QED) is 0.786. The second-order valence-corrected chi connectivity index (χ2v) is 5.96. The molecule has 0 saturated carbocycles. The van der Waals surface area contributed by atoms with Crippen molar-refractivity contribution in [2.45, 2.75) is 32.2 Å². The Balaban J connectivity index is 2.94. The van der Waals surface area contributed by atoms with E-state index in [1.807, 2.05) is 20.8 Å². The van der Waals surface area contributed by atoms with E-state index < -0.39 is 12.0 Å². The molecule has 1 heterocycles. The lowest BCUT2D eigenvalue weighted by atomic mass is 10.1. The molecule has 6 nitrogen and oxygen atoms in total. The van der Waals surface area contributed by atoms with E-state index in [0.717, 1.165) is 0 Å². The van der Waals surface area contributed by atoms with Gasteiger partial charge in [0.05, 0.1) is 12.0 Å². The van der Waals surface area contributed by atoms with Crippen molar-refractivity contribution < 1.29 is 19.8 Å². The van der Waals surface area contributed by atoms with Gasteiger partial charge in [-0.3, -0.25) is 4.90 Å². The Morgan fingerprint density at radius 1 is 1.47 bits per heavy atom. The van der Waals surface area contributed by atoms with Gasteiger partial charge < -0.3 is 15.1 Å². The first-order chi connectivity index (χ1) is 8.93. The van der Waals surface area contributed by atoms with Gasteiger partial charge in [-0.05, 0) is 12.8 Å². The maximum atomic E-state index is 12.5. The van der Waals surface area contributed by atoms with Crippen molar-refractivity contribution in [1.29, 1.82) is 0 Å². The number of aliphatic hydroxyl groups is 1. The monoisotopic (exact) mass is 290 g/mol. The van der Waals surface area contributed by atoms with Crippen LogP contribution in [-0.2, 0) is 4.79 Å². The highest BCUT2D eigenvalue weighted by Gasteiger charge is 2.44. The number of likely N-dealkylation sites (N-methyl/N-ethyl adjacent to an activating group) is 1. The van der Waals surface area contributed by atoms with Crippen LogP contribution in [0.4, 0.5) is 4.79 Å². The SMILES string of the molecule is CCN(CCO)C(=O)N1C(C(=O)O)CSC1C(C)C. The van der Waals surface area contributed by atoms with Gasteiger partial charge in [-0.1, -0.05) is 13.8 Å². The molecule has 0 spiro atoms. The number of hydrogen-bond donors (Lipinski definition) is 2.